The molecule has 1 aliphatic heterocycles. The molecule has 1 heterocycles. The van der Waals surface area contributed by atoms with Gasteiger partial charge >= 0.3 is 12.1 Å². The molecule has 0 radical (unpaired) electrons. The van der Waals surface area contributed by atoms with Gasteiger partial charge in [0.2, 0.25) is 0 Å². The number of esters is 1. The second-order valence-electron chi connectivity index (χ2n) is 5.16. The molecule has 0 bridgehead atoms. The zero-order chi connectivity index (χ0) is 16.5. The number of benzene rings is 1. The maximum absolute atomic E-state index is 13.1. The van der Waals surface area contributed by atoms with Crippen molar-refractivity contribution in [1.29, 1.82) is 0 Å². The van der Waals surface area contributed by atoms with Gasteiger partial charge in [-0.3, -0.25) is 9.69 Å². The zero-order valence-corrected chi connectivity index (χ0v) is 11.7. The molecule has 0 unspecified atom stereocenters. The fourth-order valence-electron chi connectivity index (χ4n) is 2.60. The third-order valence-corrected chi connectivity index (χ3v) is 3.61. The molecule has 2 atom stereocenters. The number of ether oxygens (including phenoxy) is 1. The summed E-state index contributed by atoms with van der Waals surface area (Å²) in [6.45, 7) is -0.180. The molecule has 1 saturated heterocycles. The molecular weight excluding hydrogens is 306 g/mol. The van der Waals surface area contributed by atoms with Gasteiger partial charge in [0.05, 0.1) is 18.8 Å². The fraction of sp³-hybridized carbons (Fsp3) is 0.500. The Morgan fingerprint density at radius 2 is 2.14 bits per heavy atom. The van der Waals surface area contributed by atoms with E-state index in [-0.39, 0.29) is 25.1 Å². The number of rotatable bonds is 3. The number of alkyl halides is 3. The van der Waals surface area contributed by atoms with Gasteiger partial charge in [-0.25, -0.2) is 4.39 Å². The van der Waals surface area contributed by atoms with Crippen molar-refractivity contribution in [1.82, 2.24) is 4.90 Å². The minimum absolute atomic E-state index is 0.0500. The van der Waals surface area contributed by atoms with Crippen LogP contribution in [0.4, 0.5) is 17.6 Å². The van der Waals surface area contributed by atoms with E-state index < -0.39 is 35.7 Å². The summed E-state index contributed by atoms with van der Waals surface area (Å²) in [4.78, 5) is 13.0. The van der Waals surface area contributed by atoms with Crippen molar-refractivity contribution in [2.24, 2.45) is 0 Å². The first kappa shape index (κ1) is 16.7. The van der Waals surface area contributed by atoms with E-state index in [1.54, 1.807) is 0 Å². The summed E-state index contributed by atoms with van der Waals surface area (Å²) in [7, 11) is 1.17. The van der Waals surface area contributed by atoms with Gasteiger partial charge < -0.3 is 9.84 Å². The Labute approximate surface area is 124 Å². The molecule has 122 valence electrons. The van der Waals surface area contributed by atoms with Crippen LogP contribution in [0.5, 0.6) is 0 Å². The quantitative estimate of drug-likeness (QED) is 0.683. The number of hydrogen-bond donors (Lipinski definition) is 1. The number of hydrogen-bond acceptors (Lipinski definition) is 4. The van der Waals surface area contributed by atoms with Crippen LogP contribution in [0.2, 0.25) is 0 Å². The number of carbonyl (C=O) groups is 1. The monoisotopic (exact) mass is 321 g/mol. The fourth-order valence-corrected chi connectivity index (χ4v) is 2.60. The Morgan fingerprint density at radius 1 is 1.45 bits per heavy atom. The lowest BCUT2D eigenvalue weighted by Gasteiger charge is -2.23. The van der Waals surface area contributed by atoms with Crippen molar-refractivity contribution >= 4 is 5.97 Å². The minimum atomic E-state index is -4.70. The first-order valence-corrected chi connectivity index (χ1v) is 6.58. The zero-order valence-electron chi connectivity index (χ0n) is 11.7. The van der Waals surface area contributed by atoms with Gasteiger partial charge in [0, 0.05) is 19.5 Å². The molecular formula is C14H15F4NO3. The maximum Gasteiger partial charge on any atom is 0.416 e. The van der Waals surface area contributed by atoms with Crippen LogP contribution in [0.15, 0.2) is 18.2 Å². The Hall–Kier alpha value is -1.67. The molecule has 0 amide bonds. The van der Waals surface area contributed by atoms with E-state index in [0.717, 1.165) is 12.1 Å². The number of likely N-dealkylation sites (tertiary alicyclic amines) is 1. The highest BCUT2D eigenvalue weighted by Crippen LogP contribution is 2.34. The Bertz CT molecular complexity index is 562. The lowest BCUT2D eigenvalue weighted by atomic mass is 10.1. The molecule has 1 aliphatic rings. The first-order valence-electron chi connectivity index (χ1n) is 6.58. The number of carbonyl (C=O) groups excluding carboxylic acids is 1. The van der Waals surface area contributed by atoms with Crippen LogP contribution in [0.3, 0.4) is 0 Å². The average molecular weight is 321 g/mol. The Kier molecular flexibility index (Phi) is 4.72. The van der Waals surface area contributed by atoms with Gasteiger partial charge in [0.1, 0.15) is 11.9 Å². The highest BCUT2D eigenvalue weighted by Gasteiger charge is 2.39. The smallest absolute Gasteiger partial charge is 0.416 e. The number of aliphatic hydroxyl groups excluding tert-OH is 1. The van der Waals surface area contributed by atoms with Gasteiger partial charge in [-0.15, -0.1) is 0 Å². The lowest BCUT2D eigenvalue weighted by Crippen LogP contribution is -2.36. The summed E-state index contributed by atoms with van der Waals surface area (Å²) in [5, 5.41) is 9.63. The number of nitrogens with zero attached hydrogens (tertiary/aromatic N) is 1. The molecule has 1 aromatic carbocycles. The summed E-state index contributed by atoms with van der Waals surface area (Å²) >= 11 is 0. The SMILES string of the molecule is COC(=O)[C@@H]1C[C@@H](O)CN1Cc1ccc(F)cc1C(F)(F)F. The molecule has 1 fully saturated rings. The number of β-amino-alcohol motifs (C(OH)–C–C–N with tert-alkyl or cyclic N) is 1. The minimum Gasteiger partial charge on any atom is -0.468 e. The molecule has 8 heteroatoms. The topological polar surface area (TPSA) is 49.8 Å². The first-order chi connectivity index (χ1) is 10.2. The number of methoxy groups -OCH3 is 1. The van der Waals surface area contributed by atoms with E-state index >= 15 is 0 Å². The maximum atomic E-state index is 13.1. The summed E-state index contributed by atoms with van der Waals surface area (Å²) in [6, 6.07) is 1.59. The molecule has 2 rings (SSSR count). The van der Waals surface area contributed by atoms with Crippen LogP contribution in [0.1, 0.15) is 17.5 Å². The molecule has 0 aromatic heterocycles. The molecule has 0 spiro atoms. The van der Waals surface area contributed by atoms with Crippen molar-refractivity contribution in [3.63, 3.8) is 0 Å². The van der Waals surface area contributed by atoms with Gasteiger partial charge in [-0.05, 0) is 17.7 Å². The highest BCUT2D eigenvalue weighted by molar-refractivity contribution is 5.76. The van der Waals surface area contributed by atoms with E-state index in [1.807, 2.05) is 0 Å². The normalized spacial score (nSPS) is 22.8. The third-order valence-electron chi connectivity index (χ3n) is 3.61. The van der Waals surface area contributed by atoms with Gasteiger partial charge in [0.25, 0.3) is 0 Å². The highest BCUT2D eigenvalue weighted by atomic mass is 19.4. The summed E-state index contributed by atoms with van der Waals surface area (Å²) in [5.41, 5.74) is -1.24. The summed E-state index contributed by atoms with van der Waals surface area (Å²) in [5.74, 6) is -1.60. The van der Waals surface area contributed by atoms with E-state index in [9.17, 15) is 27.5 Å². The van der Waals surface area contributed by atoms with Crippen LogP contribution in [-0.4, -0.2) is 41.8 Å². The lowest BCUT2D eigenvalue weighted by molar-refractivity contribution is -0.146. The van der Waals surface area contributed by atoms with Crippen LogP contribution in [0, 0.1) is 5.82 Å². The summed E-state index contributed by atoms with van der Waals surface area (Å²) < 4.78 is 56.6. The Balaban J connectivity index is 2.28. The molecule has 22 heavy (non-hydrogen) atoms. The standard InChI is InChI=1S/C14H15F4NO3/c1-22-13(21)12-5-10(20)7-19(12)6-8-2-3-9(15)4-11(8)14(16,17)18/h2-4,10,12,20H,5-7H2,1H3/t10-,12+/m1/s1. The van der Waals surface area contributed by atoms with Gasteiger partial charge in [0.15, 0.2) is 0 Å². The van der Waals surface area contributed by atoms with E-state index in [0.29, 0.717) is 6.07 Å². The van der Waals surface area contributed by atoms with Crippen LogP contribution in [0.25, 0.3) is 0 Å². The largest absolute Gasteiger partial charge is 0.468 e. The third kappa shape index (κ3) is 3.56. The number of aliphatic hydroxyl groups is 1. The van der Waals surface area contributed by atoms with Gasteiger partial charge in [-0.2, -0.15) is 13.2 Å². The Morgan fingerprint density at radius 3 is 2.73 bits per heavy atom. The van der Waals surface area contributed by atoms with Crippen LogP contribution >= 0.6 is 0 Å². The van der Waals surface area contributed by atoms with E-state index in [4.69, 9.17) is 0 Å². The molecule has 1 aromatic rings. The molecule has 0 saturated carbocycles. The summed E-state index contributed by atoms with van der Waals surface area (Å²) in [6.07, 6.45) is -5.43. The van der Waals surface area contributed by atoms with E-state index in [2.05, 4.69) is 4.74 Å². The van der Waals surface area contributed by atoms with E-state index in [1.165, 1.54) is 12.0 Å². The van der Waals surface area contributed by atoms with Crippen LogP contribution < -0.4 is 0 Å². The molecule has 1 N–H and O–H groups in total. The predicted molar refractivity (Wildman–Crippen MR) is 68.2 cm³/mol. The average Bonchev–Trinajstić information content (AvgIpc) is 2.79. The molecule has 4 nitrogen and oxygen atoms in total. The van der Waals surface area contributed by atoms with Crippen molar-refractivity contribution in [3.8, 4) is 0 Å². The predicted octanol–water partition coefficient (Wildman–Crippen LogP) is 1.95. The van der Waals surface area contributed by atoms with Crippen molar-refractivity contribution in [2.75, 3.05) is 13.7 Å². The molecule has 0 aliphatic carbocycles. The number of halogens is 4. The second-order valence-corrected chi connectivity index (χ2v) is 5.16. The van der Waals surface area contributed by atoms with Crippen molar-refractivity contribution < 1.29 is 32.2 Å². The van der Waals surface area contributed by atoms with Crippen molar-refractivity contribution in [3.05, 3.63) is 35.1 Å². The van der Waals surface area contributed by atoms with Crippen LogP contribution in [-0.2, 0) is 22.3 Å². The van der Waals surface area contributed by atoms with Crippen molar-refractivity contribution in [2.45, 2.75) is 31.3 Å². The van der Waals surface area contributed by atoms with Gasteiger partial charge in [-0.1, -0.05) is 6.07 Å². The second kappa shape index (κ2) is 6.21.